The summed E-state index contributed by atoms with van der Waals surface area (Å²) < 4.78 is 5.72. The van der Waals surface area contributed by atoms with Gasteiger partial charge in [-0.15, -0.1) is 10.2 Å². The lowest BCUT2D eigenvalue weighted by atomic mass is 10.1. The van der Waals surface area contributed by atoms with E-state index in [0.29, 0.717) is 16.8 Å². The third kappa shape index (κ3) is 4.14. The van der Waals surface area contributed by atoms with Crippen LogP contribution in [0.3, 0.4) is 0 Å². The molecule has 0 unspecified atom stereocenters. The molecule has 4 nitrogen and oxygen atoms in total. The first-order valence-corrected chi connectivity index (χ1v) is 9.11. The normalized spacial score (nSPS) is 11.6. The molecule has 0 saturated heterocycles. The van der Waals surface area contributed by atoms with Gasteiger partial charge in [0.2, 0.25) is 5.89 Å². The predicted molar refractivity (Wildman–Crippen MR) is 108 cm³/mol. The second-order valence-electron chi connectivity index (χ2n) is 6.04. The number of halogens is 1. The zero-order chi connectivity index (χ0) is 18.5. The van der Waals surface area contributed by atoms with E-state index in [0.717, 1.165) is 29.8 Å². The largest absolute Gasteiger partial charge is 0.415 e. The summed E-state index contributed by atoms with van der Waals surface area (Å²) in [6.07, 6.45) is 1.83. The van der Waals surface area contributed by atoms with Crippen LogP contribution in [-0.4, -0.2) is 23.3 Å². The van der Waals surface area contributed by atoms with Crippen LogP contribution in [0.2, 0.25) is 0 Å². The summed E-state index contributed by atoms with van der Waals surface area (Å²) in [5.41, 5.74) is 4.21. The van der Waals surface area contributed by atoms with Crippen LogP contribution in [0.15, 0.2) is 52.9 Å². The van der Waals surface area contributed by atoms with Crippen LogP contribution in [0.4, 0.5) is 5.69 Å². The van der Waals surface area contributed by atoms with Crippen LogP contribution in [0, 0.1) is 6.92 Å². The molecule has 0 saturated carbocycles. The number of rotatable bonds is 6. The highest BCUT2D eigenvalue weighted by molar-refractivity contribution is 6.50. The van der Waals surface area contributed by atoms with Crippen molar-refractivity contribution in [2.45, 2.75) is 20.8 Å². The van der Waals surface area contributed by atoms with Crippen LogP contribution in [0.1, 0.15) is 30.9 Å². The Bertz CT molecular complexity index is 896. The van der Waals surface area contributed by atoms with E-state index in [1.807, 2.05) is 49.4 Å². The predicted octanol–water partition coefficient (Wildman–Crippen LogP) is 5.63. The van der Waals surface area contributed by atoms with Crippen LogP contribution in [0.25, 0.3) is 22.6 Å². The third-order valence-electron chi connectivity index (χ3n) is 4.21. The van der Waals surface area contributed by atoms with Gasteiger partial charge in [-0.3, -0.25) is 0 Å². The van der Waals surface area contributed by atoms with Crippen LogP contribution in [0.5, 0.6) is 0 Å². The number of nitrogens with zero attached hydrogens (tertiary/aromatic N) is 3. The quantitative estimate of drug-likeness (QED) is 0.566. The Morgan fingerprint density at radius 2 is 1.81 bits per heavy atom. The lowest BCUT2D eigenvalue weighted by Gasteiger charge is -2.20. The zero-order valence-corrected chi connectivity index (χ0v) is 16.0. The molecule has 0 N–H and O–H groups in total. The molecule has 1 heterocycles. The van der Waals surface area contributed by atoms with Crippen molar-refractivity contribution in [2.75, 3.05) is 18.0 Å². The summed E-state index contributed by atoms with van der Waals surface area (Å²) in [5, 5.41) is 8.59. The summed E-state index contributed by atoms with van der Waals surface area (Å²) in [6.45, 7) is 8.28. The van der Waals surface area contributed by atoms with Gasteiger partial charge in [0.1, 0.15) is 5.03 Å². The zero-order valence-electron chi connectivity index (χ0n) is 15.2. The van der Waals surface area contributed by atoms with E-state index >= 15 is 0 Å². The summed E-state index contributed by atoms with van der Waals surface area (Å²) in [4.78, 5) is 2.29. The van der Waals surface area contributed by atoms with Gasteiger partial charge in [0.25, 0.3) is 5.89 Å². The van der Waals surface area contributed by atoms with Gasteiger partial charge in [-0.2, -0.15) is 0 Å². The van der Waals surface area contributed by atoms with Crippen molar-refractivity contribution in [3.63, 3.8) is 0 Å². The summed E-state index contributed by atoms with van der Waals surface area (Å²) in [7, 11) is 0. The van der Waals surface area contributed by atoms with Gasteiger partial charge in [0, 0.05) is 24.3 Å². The van der Waals surface area contributed by atoms with Crippen molar-refractivity contribution in [1.29, 1.82) is 0 Å². The van der Waals surface area contributed by atoms with Crippen LogP contribution < -0.4 is 4.90 Å². The molecular weight excluding hydrogens is 346 g/mol. The molecule has 5 heteroatoms. The Morgan fingerprint density at radius 1 is 1.08 bits per heavy atom. The highest BCUT2D eigenvalue weighted by atomic mass is 35.5. The summed E-state index contributed by atoms with van der Waals surface area (Å²) in [6, 6.07) is 16.2. The molecule has 0 aliphatic heterocycles. The van der Waals surface area contributed by atoms with Crippen molar-refractivity contribution in [1.82, 2.24) is 10.2 Å². The van der Waals surface area contributed by atoms with Crippen molar-refractivity contribution in [2.24, 2.45) is 0 Å². The molecule has 3 rings (SSSR count). The molecule has 0 atom stereocenters. The maximum Gasteiger partial charge on any atom is 0.259 e. The minimum atomic E-state index is 0.316. The Kier molecular flexibility index (Phi) is 5.74. The van der Waals surface area contributed by atoms with Gasteiger partial charge in [0.15, 0.2) is 0 Å². The minimum Gasteiger partial charge on any atom is -0.415 e. The molecule has 3 aromatic rings. The standard InChI is InChI=1S/C21H22ClN3O/c1-4-25(5-2)18-11-9-16(10-12-18)14-19(22)21-24-23-20(26-21)17-8-6-7-15(3)13-17/h6-14H,4-5H2,1-3H3/b19-14-. The van der Waals surface area contributed by atoms with E-state index in [9.17, 15) is 0 Å². The molecule has 0 bridgehead atoms. The van der Waals surface area contributed by atoms with Gasteiger partial charge in [-0.05, 0) is 56.7 Å². The number of hydrogen-bond acceptors (Lipinski definition) is 4. The van der Waals surface area contributed by atoms with E-state index in [2.05, 4.69) is 41.1 Å². The van der Waals surface area contributed by atoms with Crippen molar-refractivity contribution < 1.29 is 4.42 Å². The Balaban J connectivity index is 1.80. The Hall–Kier alpha value is -2.59. The molecule has 0 aliphatic carbocycles. The Morgan fingerprint density at radius 3 is 2.46 bits per heavy atom. The summed E-state index contributed by atoms with van der Waals surface area (Å²) in [5.74, 6) is 0.781. The second kappa shape index (κ2) is 8.19. The molecule has 1 aromatic heterocycles. The van der Waals surface area contributed by atoms with Gasteiger partial charge in [-0.1, -0.05) is 41.4 Å². The summed E-state index contributed by atoms with van der Waals surface area (Å²) >= 11 is 6.38. The maximum absolute atomic E-state index is 6.38. The lowest BCUT2D eigenvalue weighted by molar-refractivity contribution is 0.556. The van der Waals surface area contributed by atoms with Gasteiger partial charge in [0.05, 0.1) is 0 Å². The van der Waals surface area contributed by atoms with E-state index in [4.69, 9.17) is 16.0 Å². The first-order chi connectivity index (χ1) is 12.6. The SMILES string of the molecule is CCN(CC)c1ccc(/C=C(\Cl)c2nnc(-c3cccc(C)c3)o2)cc1. The maximum atomic E-state index is 6.38. The lowest BCUT2D eigenvalue weighted by Crippen LogP contribution is -2.21. The molecule has 26 heavy (non-hydrogen) atoms. The van der Waals surface area contributed by atoms with E-state index in [1.165, 1.54) is 5.69 Å². The molecule has 0 radical (unpaired) electrons. The monoisotopic (exact) mass is 367 g/mol. The highest BCUT2D eigenvalue weighted by Crippen LogP contribution is 2.26. The fraction of sp³-hybridized carbons (Fsp3) is 0.238. The number of aryl methyl sites for hydroxylation is 1. The molecule has 134 valence electrons. The van der Waals surface area contributed by atoms with Crippen LogP contribution in [-0.2, 0) is 0 Å². The minimum absolute atomic E-state index is 0.316. The van der Waals surface area contributed by atoms with Gasteiger partial charge < -0.3 is 9.32 Å². The van der Waals surface area contributed by atoms with E-state index < -0.39 is 0 Å². The van der Waals surface area contributed by atoms with E-state index in [-0.39, 0.29) is 0 Å². The third-order valence-corrected chi connectivity index (χ3v) is 4.48. The average molecular weight is 368 g/mol. The van der Waals surface area contributed by atoms with Crippen molar-refractivity contribution >= 4 is 28.4 Å². The Labute approximate surface area is 159 Å². The van der Waals surface area contributed by atoms with E-state index in [1.54, 1.807) is 0 Å². The number of aromatic nitrogens is 2. The molecule has 0 amide bonds. The van der Waals surface area contributed by atoms with Gasteiger partial charge >= 0.3 is 0 Å². The molecule has 2 aromatic carbocycles. The van der Waals surface area contributed by atoms with Crippen molar-refractivity contribution in [3.8, 4) is 11.5 Å². The number of anilines is 1. The molecule has 0 spiro atoms. The fourth-order valence-electron chi connectivity index (χ4n) is 2.79. The smallest absolute Gasteiger partial charge is 0.259 e. The van der Waals surface area contributed by atoms with Crippen molar-refractivity contribution in [3.05, 3.63) is 65.5 Å². The van der Waals surface area contributed by atoms with Crippen LogP contribution >= 0.6 is 11.6 Å². The fourth-order valence-corrected chi connectivity index (χ4v) is 3.00. The second-order valence-corrected chi connectivity index (χ2v) is 6.45. The average Bonchev–Trinajstić information content (AvgIpc) is 3.14. The molecular formula is C21H22ClN3O. The topological polar surface area (TPSA) is 42.2 Å². The van der Waals surface area contributed by atoms with Gasteiger partial charge in [-0.25, -0.2) is 0 Å². The molecule has 0 aliphatic rings. The highest BCUT2D eigenvalue weighted by Gasteiger charge is 2.11. The number of benzene rings is 2. The number of hydrogen-bond donors (Lipinski definition) is 0. The molecule has 0 fully saturated rings. The first kappa shape index (κ1) is 18.2. The first-order valence-electron chi connectivity index (χ1n) is 8.73.